The first-order valence-electron chi connectivity index (χ1n) is 4.81. The average Bonchev–Trinajstić information content (AvgIpc) is 2.33. The van der Waals surface area contributed by atoms with Crippen LogP contribution in [-0.4, -0.2) is 22.1 Å². The highest BCUT2D eigenvalue weighted by Crippen LogP contribution is 2.25. The number of nitrogens with one attached hydrogen (secondary N) is 1. The minimum absolute atomic E-state index is 0.386. The van der Waals surface area contributed by atoms with Crippen LogP contribution in [-0.2, 0) is 0 Å². The molecule has 0 fully saturated rings. The van der Waals surface area contributed by atoms with Crippen LogP contribution in [0.3, 0.4) is 0 Å². The van der Waals surface area contributed by atoms with Crippen molar-refractivity contribution in [2.75, 3.05) is 12.4 Å². The number of anilines is 1. The van der Waals surface area contributed by atoms with E-state index < -0.39 is 5.82 Å². The van der Waals surface area contributed by atoms with Crippen molar-refractivity contribution in [2.45, 2.75) is 0 Å². The third-order valence-electron chi connectivity index (χ3n) is 2.19. The largest absolute Gasteiger partial charge is 0.505 e. The summed E-state index contributed by atoms with van der Waals surface area (Å²) in [5.74, 6) is -0.0836. The Bertz CT molecular complexity index is 562. The first-order chi connectivity index (χ1) is 8.11. The molecule has 0 aliphatic heterocycles. The molecule has 17 heavy (non-hydrogen) atoms. The SMILES string of the molecule is CNc1nc(-c2ccc(O)c(F)c2)ncc1Br. The van der Waals surface area contributed by atoms with Crippen LogP contribution < -0.4 is 5.32 Å². The highest BCUT2D eigenvalue weighted by molar-refractivity contribution is 9.10. The lowest BCUT2D eigenvalue weighted by atomic mass is 10.2. The second kappa shape index (κ2) is 4.67. The van der Waals surface area contributed by atoms with Crippen molar-refractivity contribution in [3.8, 4) is 17.1 Å². The molecule has 6 heteroatoms. The Labute approximate surface area is 106 Å². The molecule has 0 saturated carbocycles. The van der Waals surface area contributed by atoms with Crippen LogP contribution >= 0.6 is 15.9 Å². The van der Waals surface area contributed by atoms with Crippen molar-refractivity contribution in [1.82, 2.24) is 9.97 Å². The third kappa shape index (κ3) is 2.36. The molecule has 1 heterocycles. The zero-order chi connectivity index (χ0) is 12.4. The summed E-state index contributed by atoms with van der Waals surface area (Å²) in [5.41, 5.74) is 0.504. The average molecular weight is 298 g/mol. The molecule has 2 rings (SSSR count). The minimum Gasteiger partial charge on any atom is -0.505 e. The number of rotatable bonds is 2. The van der Waals surface area contributed by atoms with E-state index in [9.17, 15) is 4.39 Å². The number of hydrogen-bond acceptors (Lipinski definition) is 4. The van der Waals surface area contributed by atoms with E-state index >= 15 is 0 Å². The van der Waals surface area contributed by atoms with Gasteiger partial charge in [-0.15, -0.1) is 0 Å². The molecular weight excluding hydrogens is 289 g/mol. The van der Waals surface area contributed by atoms with Crippen LogP contribution in [0, 0.1) is 5.82 Å². The Morgan fingerprint density at radius 2 is 2.18 bits per heavy atom. The normalized spacial score (nSPS) is 10.3. The van der Waals surface area contributed by atoms with E-state index in [4.69, 9.17) is 5.11 Å². The molecule has 2 N–H and O–H groups in total. The summed E-state index contributed by atoms with van der Waals surface area (Å²) in [6.07, 6.45) is 1.58. The number of halogens is 2. The zero-order valence-corrected chi connectivity index (χ0v) is 10.5. The fraction of sp³-hybridized carbons (Fsp3) is 0.0909. The number of aromatic nitrogens is 2. The molecule has 0 atom stereocenters. The molecule has 0 unspecified atom stereocenters. The van der Waals surface area contributed by atoms with Gasteiger partial charge in [-0.2, -0.15) is 0 Å². The van der Waals surface area contributed by atoms with Crippen LogP contribution in [0.5, 0.6) is 5.75 Å². The molecule has 0 radical (unpaired) electrons. The van der Waals surface area contributed by atoms with E-state index in [-0.39, 0.29) is 5.75 Å². The van der Waals surface area contributed by atoms with Crippen LogP contribution in [0.1, 0.15) is 0 Å². The quantitative estimate of drug-likeness (QED) is 0.895. The van der Waals surface area contributed by atoms with Crippen molar-refractivity contribution < 1.29 is 9.50 Å². The Morgan fingerprint density at radius 1 is 1.41 bits per heavy atom. The summed E-state index contributed by atoms with van der Waals surface area (Å²) in [6.45, 7) is 0. The highest BCUT2D eigenvalue weighted by atomic mass is 79.9. The van der Waals surface area contributed by atoms with Crippen molar-refractivity contribution in [3.05, 3.63) is 34.7 Å². The van der Waals surface area contributed by atoms with Crippen molar-refractivity contribution in [3.63, 3.8) is 0 Å². The van der Waals surface area contributed by atoms with Crippen LogP contribution in [0.15, 0.2) is 28.9 Å². The maximum Gasteiger partial charge on any atom is 0.165 e. The van der Waals surface area contributed by atoms with Gasteiger partial charge in [-0.05, 0) is 34.1 Å². The molecule has 0 saturated heterocycles. The van der Waals surface area contributed by atoms with Crippen molar-refractivity contribution >= 4 is 21.7 Å². The number of phenols is 1. The second-order valence-electron chi connectivity index (χ2n) is 3.31. The van der Waals surface area contributed by atoms with E-state index in [0.29, 0.717) is 17.2 Å². The summed E-state index contributed by atoms with van der Waals surface area (Å²) >= 11 is 3.29. The fourth-order valence-electron chi connectivity index (χ4n) is 1.33. The summed E-state index contributed by atoms with van der Waals surface area (Å²) < 4.78 is 13.9. The van der Waals surface area contributed by atoms with Gasteiger partial charge in [-0.1, -0.05) is 0 Å². The molecule has 0 aliphatic rings. The van der Waals surface area contributed by atoms with Gasteiger partial charge in [0.25, 0.3) is 0 Å². The predicted molar refractivity (Wildman–Crippen MR) is 66.3 cm³/mol. The zero-order valence-electron chi connectivity index (χ0n) is 8.91. The van der Waals surface area contributed by atoms with E-state index in [0.717, 1.165) is 4.47 Å². The minimum atomic E-state index is -0.694. The topological polar surface area (TPSA) is 58.0 Å². The lowest BCUT2D eigenvalue weighted by Gasteiger charge is -2.05. The lowest BCUT2D eigenvalue weighted by molar-refractivity contribution is 0.432. The molecule has 0 amide bonds. The molecular formula is C11H9BrFN3O. The number of benzene rings is 1. The van der Waals surface area contributed by atoms with Gasteiger partial charge in [0.15, 0.2) is 17.4 Å². The maximum atomic E-state index is 13.2. The van der Waals surface area contributed by atoms with Gasteiger partial charge in [0.1, 0.15) is 5.82 Å². The van der Waals surface area contributed by atoms with Gasteiger partial charge in [0, 0.05) is 18.8 Å². The van der Waals surface area contributed by atoms with Crippen LogP contribution in [0.2, 0.25) is 0 Å². The Kier molecular flexibility index (Phi) is 3.23. The summed E-state index contributed by atoms with van der Waals surface area (Å²) in [7, 11) is 1.73. The summed E-state index contributed by atoms with van der Waals surface area (Å²) in [5, 5.41) is 12.0. The number of aromatic hydroxyl groups is 1. The Balaban J connectivity index is 2.49. The van der Waals surface area contributed by atoms with Gasteiger partial charge in [0.2, 0.25) is 0 Å². The molecule has 4 nitrogen and oxygen atoms in total. The van der Waals surface area contributed by atoms with Gasteiger partial charge in [-0.25, -0.2) is 14.4 Å². The standard InChI is InChI=1S/C11H9BrFN3O/c1-14-11-7(12)5-15-10(16-11)6-2-3-9(17)8(13)4-6/h2-5,17H,1H3,(H,14,15,16). The fourth-order valence-corrected chi connectivity index (χ4v) is 1.72. The third-order valence-corrected chi connectivity index (χ3v) is 2.77. The number of nitrogens with zero attached hydrogens (tertiary/aromatic N) is 2. The van der Waals surface area contributed by atoms with E-state index in [1.165, 1.54) is 12.1 Å². The van der Waals surface area contributed by atoms with Crippen LogP contribution in [0.4, 0.5) is 10.2 Å². The van der Waals surface area contributed by atoms with E-state index in [1.54, 1.807) is 19.3 Å². The molecule has 88 valence electrons. The molecule has 0 bridgehead atoms. The highest BCUT2D eigenvalue weighted by Gasteiger charge is 2.08. The van der Waals surface area contributed by atoms with E-state index in [2.05, 4.69) is 31.2 Å². The molecule has 0 aliphatic carbocycles. The van der Waals surface area contributed by atoms with Gasteiger partial charge < -0.3 is 10.4 Å². The van der Waals surface area contributed by atoms with Crippen molar-refractivity contribution in [1.29, 1.82) is 0 Å². The lowest BCUT2D eigenvalue weighted by Crippen LogP contribution is -1.97. The molecule has 1 aromatic carbocycles. The Morgan fingerprint density at radius 3 is 2.82 bits per heavy atom. The van der Waals surface area contributed by atoms with E-state index in [1.807, 2.05) is 0 Å². The Hall–Kier alpha value is -1.69. The maximum absolute atomic E-state index is 13.2. The molecule has 1 aromatic heterocycles. The molecule has 0 spiro atoms. The predicted octanol–water partition coefficient (Wildman–Crippen LogP) is 2.79. The first-order valence-corrected chi connectivity index (χ1v) is 5.60. The van der Waals surface area contributed by atoms with Crippen LogP contribution in [0.25, 0.3) is 11.4 Å². The number of hydrogen-bond donors (Lipinski definition) is 2. The first kappa shape index (κ1) is 11.8. The second-order valence-corrected chi connectivity index (χ2v) is 4.16. The monoisotopic (exact) mass is 297 g/mol. The summed E-state index contributed by atoms with van der Waals surface area (Å²) in [6, 6.07) is 4.02. The number of phenolic OH excluding ortho intramolecular Hbond substituents is 1. The smallest absolute Gasteiger partial charge is 0.165 e. The van der Waals surface area contributed by atoms with Gasteiger partial charge in [0.05, 0.1) is 4.47 Å². The van der Waals surface area contributed by atoms with Gasteiger partial charge in [-0.3, -0.25) is 0 Å². The molecule has 2 aromatic rings. The van der Waals surface area contributed by atoms with Gasteiger partial charge >= 0.3 is 0 Å². The summed E-state index contributed by atoms with van der Waals surface area (Å²) in [4.78, 5) is 8.30. The van der Waals surface area contributed by atoms with Crippen molar-refractivity contribution in [2.24, 2.45) is 0 Å².